The Morgan fingerprint density at radius 3 is 2.84 bits per heavy atom. The first kappa shape index (κ1) is 17.9. The standard InChI is InChI=1S/C19H28N4O2/c1-2-10-20-18-15-8-11-23(12-9-16(15)21-13-22-18)19(25)17(24)14-6-4-3-5-7-14/h2,13-14,17,24H,1,3-12H2,(H,20,21,22)/t17-/m1/s1. The van der Waals surface area contributed by atoms with Gasteiger partial charge in [-0.25, -0.2) is 9.97 Å². The number of hydrogen-bond acceptors (Lipinski definition) is 5. The zero-order valence-electron chi connectivity index (χ0n) is 14.8. The summed E-state index contributed by atoms with van der Waals surface area (Å²) in [5.74, 6) is 0.830. The highest BCUT2D eigenvalue weighted by Gasteiger charge is 2.32. The molecule has 0 saturated heterocycles. The van der Waals surface area contributed by atoms with Crippen LogP contribution in [0.4, 0.5) is 5.82 Å². The number of amides is 1. The van der Waals surface area contributed by atoms with E-state index in [0.717, 1.165) is 42.8 Å². The van der Waals surface area contributed by atoms with Crippen LogP contribution in [0.1, 0.15) is 43.4 Å². The van der Waals surface area contributed by atoms with Crippen molar-refractivity contribution in [2.75, 3.05) is 25.0 Å². The van der Waals surface area contributed by atoms with Gasteiger partial charge in [-0.15, -0.1) is 6.58 Å². The van der Waals surface area contributed by atoms with E-state index in [2.05, 4.69) is 21.9 Å². The summed E-state index contributed by atoms with van der Waals surface area (Å²) in [6.07, 6.45) is 9.29. The first-order valence-corrected chi connectivity index (χ1v) is 9.35. The van der Waals surface area contributed by atoms with Gasteiger partial charge < -0.3 is 15.3 Å². The fourth-order valence-electron chi connectivity index (χ4n) is 3.91. The predicted octanol–water partition coefficient (Wildman–Crippen LogP) is 1.94. The highest BCUT2D eigenvalue weighted by molar-refractivity contribution is 5.81. The zero-order chi connectivity index (χ0) is 17.6. The average Bonchev–Trinajstić information content (AvgIpc) is 2.89. The number of nitrogens with zero attached hydrogens (tertiary/aromatic N) is 3. The Kier molecular flexibility index (Phi) is 6.02. The van der Waals surface area contributed by atoms with E-state index < -0.39 is 6.10 Å². The van der Waals surface area contributed by atoms with Gasteiger partial charge in [-0.2, -0.15) is 0 Å². The van der Waals surface area contributed by atoms with E-state index in [0.29, 0.717) is 32.5 Å². The fourth-order valence-corrected chi connectivity index (χ4v) is 3.91. The van der Waals surface area contributed by atoms with Crippen LogP contribution in [0.3, 0.4) is 0 Å². The molecule has 2 N–H and O–H groups in total. The van der Waals surface area contributed by atoms with Crippen LogP contribution < -0.4 is 5.32 Å². The zero-order valence-corrected chi connectivity index (χ0v) is 14.8. The minimum Gasteiger partial charge on any atom is -0.383 e. The molecular weight excluding hydrogens is 316 g/mol. The minimum absolute atomic E-state index is 0.117. The van der Waals surface area contributed by atoms with Crippen LogP contribution in [-0.2, 0) is 17.6 Å². The first-order chi connectivity index (χ1) is 12.2. The summed E-state index contributed by atoms with van der Waals surface area (Å²) in [5.41, 5.74) is 2.07. The van der Waals surface area contributed by atoms with Crippen molar-refractivity contribution < 1.29 is 9.90 Å². The van der Waals surface area contributed by atoms with Crippen LogP contribution in [-0.4, -0.2) is 51.6 Å². The van der Waals surface area contributed by atoms with Crippen LogP contribution in [0.5, 0.6) is 0 Å². The van der Waals surface area contributed by atoms with Gasteiger partial charge in [-0.3, -0.25) is 4.79 Å². The van der Waals surface area contributed by atoms with E-state index in [1.54, 1.807) is 17.3 Å². The fraction of sp³-hybridized carbons (Fsp3) is 0.632. The molecule has 1 aliphatic heterocycles. The molecule has 3 rings (SSSR count). The molecule has 6 nitrogen and oxygen atoms in total. The van der Waals surface area contributed by atoms with Crippen LogP contribution >= 0.6 is 0 Å². The molecule has 1 saturated carbocycles. The topological polar surface area (TPSA) is 78.4 Å². The quantitative estimate of drug-likeness (QED) is 0.798. The summed E-state index contributed by atoms with van der Waals surface area (Å²) in [7, 11) is 0. The van der Waals surface area contributed by atoms with Gasteiger partial charge in [0.1, 0.15) is 18.2 Å². The van der Waals surface area contributed by atoms with Crippen molar-refractivity contribution in [2.45, 2.75) is 51.0 Å². The van der Waals surface area contributed by atoms with Gasteiger partial charge in [0.05, 0.1) is 5.69 Å². The molecule has 0 aromatic carbocycles. The van der Waals surface area contributed by atoms with Gasteiger partial charge in [0.2, 0.25) is 0 Å². The Bertz CT molecular complexity index is 613. The van der Waals surface area contributed by atoms with Crippen molar-refractivity contribution in [1.29, 1.82) is 0 Å². The second kappa shape index (κ2) is 8.43. The van der Waals surface area contributed by atoms with Crippen LogP contribution in [0.2, 0.25) is 0 Å². The molecule has 2 aliphatic rings. The Morgan fingerprint density at radius 2 is 2.08 bits per heavy atom. The van der Waals surface area contributed by atoms with Crippen molar-refractivity contribution in [1.82, 2.24) is 14.9 Å². The number of aromatic nitrogens is 2. The molecule has 2 heterocycles. The first-order valence-electron chi connectivity index (χ1n) is 9.35. The summed E-state index contributed by atoms with van der Waals surface area (Å²) in [6.45, 7) is 5.57. The number of carbonyl (C=O) groups excluding carboxylic acids is 1. The van der Waals surface area contributed by atoms with Crippen molar-refractivity contribution in [3.8, 4) is 0 Å². The lowest BCUT2D eigenvalue weighted by atomic mass is 9.85. The lowest BCUT2D eigenvalue weighted by Crippen LogP contribution is -2.44. The van der Waals surface area contributed by atoms with Gasteiger partial charge in [0, 0.05) is 31.6 Å². The number of hydrogen-bond donors (Lipinski definition) is 2. The van der Waals surface area contributed by atoms with E-state index in [1.165, 1.54) is 6.42 Å². The second-order valence-electron chi connectivity index (χ2n) is 6.99. The monoisotopic (exact) mass is 344 g/mol. The van der Waals surface area contributed by atoms with E-state index in [4.69, 9.17) is 0 Å². The number of aliphatic hydroxyl groups is 1. The maximum atomic E-state index is 12.8. The van der Waals surface area contributed by atoms with Crippen LogP contribution in [0.15, 0.2) is 19.0 Å². The lowest BCUT2D eigenvalue weighted by molar-refractivity contribution is -0.143. The molecule has 1 fully saturated rings. The largest absolute Gasteiger partial charge is 0.383 e. The van der Waals surface area contributed by atoms with Crippen molar-refractivity contribution in [2.24, 2.45) is 5.92 Å². The minimum atomic E-state index is -0.856. The maximum absolute atomic E-state index is 12.8. The normalized spacial score (nSPS) is 19.6. The molecule has 0 bridgehead atoms. The van der Waals surface area contributed by atoms with Gasteiger partial charge >= 0.3 is 0 Å². The maximum Gasteiger partial charge on any atom is 0.251 e. The molecule has 1 atom stereocenters. The van der Waals surface area contributed by atoms with Gasteiger partial charge in [0.15, 0.2) is 0 Å². The lowest BCUT2D eigenvalue weighted by Gasteiger charge is -2.30. The highest BCUT2D eigenvalue weighted by atomic mass is 16.3. The Balaban J connectivity index is 1.67. The van der Waals surface area contributed by atoms with Crippen LogP contribution in [0, 0.1) is 5.92 Å². The van der Waals surface area contributed by atoms with Crippen molar-refractivity contribution >= 4 is 11.7 Å². The Labute approximate surface area is 149 Å². The van der Waals surface area contributed by atoms with E-state index in [-0.39, 0.29) is 11.8 Å². The molecule has 25 heavy (non-hydrogen) atoms. The van der Waals surface area contributed by atoms with Crippen molar-refractivity contribution in [3.05, 3.63) is 30.2 Å². The highest BCUT2D eigenvalue weighted by Crippen LogP contribution is 2.28. The molecule has 0 spiro atoms. The molecule has 0 radical (unpaired) electrons. The van der Waals surface area contributed by atoms with E-state index in [9.17, 15) is 9.90 Å². The third kappa shape index (κ3) is 4.18. The smallest absolute Gasteiger partial charge is 0.251 e. The number of nitrogens with one attached hydrogen (secondary N) is 1. The number of rotatable bonds is 5. The molecule has 1 aromatic rings. The van der Waals surface area contributed by atoms with E-state index in [1.807, 2.05) is 0 Å². The van der Waals surface area contributed by atoms with E-state index >= 15 is 0 Å². The molecule has 1 aliphatic carbocycles. The summed E-state index contributed by atoms with van der Waals surface area (Å²) >= 11 is 0. The third-order valence-corrected chi connectivity index (χ3v) is 5.36. The summed E-state index contributed by atoms with van der Waals surface area (Å²) in [5, 5.41) is 13.8. The molecular formula is C19H28N4O2. The molecule has 1 amide bonds. The van der Waals surface area contributed by atoms with Gasteiger partial charge in [-0.1, -0.05) is 25.3 Å². The Hall–Kier alpha value is -1.95. The Morgan fingerprint density at radius 1 is 1.32 bits per heavy atom. The summed E-state index contributed by atoms with van der Waals surface area (Å²) < 4.78 is 0. The van der Waals surface area contributed by atoms with Crippen molar-refractivity contribution in [3.63, 3.8) is 0 Å². The predicted molar refractivity (Wildman–Crippen MR) is 97.3 cm³/mol. The number of carbonyl (C=O) groups is 1. The summed E-state index contributed by atoms with van der Waals surface area (Å²) in [4.78, 5) is 23.3. The molecule has 6 heteroatoms. The van der Waals surface area contributed by atoms with Gasteiger partial charge in [-0.05, 0) is 25.2 Å². The third-order valence-electron chi connectivity index (χ3n) is 5.36. The molecule has 1 aromatic heterocycles. The summed E-state index contributed by atoms with van der Waals surface area (Å²) in [6, 6.07) is 0. The number of fused-ring (bicyclic) bond motifs is 1. The average molecular weight is 344 g/mol. The second-order valence-corrected chi connectivity index (χ2v) is 6.99. The molecule has 0 unspecified atom stereocenters. The SMILES string of the molecule is C=CCNc1ncnc2c1CCN(C(=O)[C@H](O)C1CCCCC1)CC2. The molecule has 136 valence electrons. The van der Waals surface area contributed by atoms with Crippen LogP contribution in [0.25, 0.3) is 0 Å². The number of aliphatic hydroxyl groups excluding tert-OH is 1. The number of anilines is 1. The van der Waals surface area contributed by atoms with Gasteiger partial charge in [0.25, 0.3) is 5.91 Å².